The van der Waals surface area contributed by atoms with Gasteiger partial charge >= 0.3 is 0 Å². The van der Waals surface area contributed by atoms with E-state index in [0.717, 1.165) is 31.6 Å². The molecule has 1 fully saturated rings. The first-order valence-corrected chi connectivity index (χ1v) is 6.97. The van der Waals surface area contributed by atoms with Crippen LogP contribution < -0.4 is 5.32 Å². The highest BCUT2D eigenvalue weighted by atomic mass is 16.1. The van der Waals surface area contributed by atoms with Crippen LogP contribution in [0.2, 0.25) is 0 Å². The molecule has 16 heavy (non-hydrogen) atoms. The summed E-state index contributed by atoms with van der Waals surface area (Å²) < 4.78 is 0. The summed E-state index contributed by atoms with van der Waals surface area (Å²) in [6.07, 6.45) is 7.94. The molecule has 0 spiro atoms. The highest BCUT2D eigenvalue weighted by molar-refractivity contribution is 5.78. The summed E-state index contributed by atoms with van der Waals surface area (Å²) in [6, 6.07) is 0.457. The molecule has 2 atom stereocenters. The fourth-order valence-electron chi connectivity index (χ4n) is 2.76. The predicted octanol–water partition coefficient (Wildman–Crippen LogP) is 3.51. The van der Waals surface area contributed by atoms with Crippen molar-refractivity contribution in [2.75, 3.05) is 0 Å². The van der Waals surface area contributed by atoms with Crippen LogP contribution in [0.1, 0.15) is 65.7 Å². The maximum absolute atomic E-state index is 12.1. The SMILES string of the molecule is CCCC(CCC)C(=O)NC1CCC(C)C1. The van der Waals surface area contributed by atoms with Crippen LogP contribution in [0.4, 0.5) is 0 Å². The zero-order valence-corrected chi connectivity index (χ0v) is 11.1. The van der Waals surface area contributed by atoms with Crippen molar-refractivity contribution in [2.45, 2.75) is 71.8 Å². The fourth-order valence-corrected chi connectivity index (χ4v) is 2.76. The Morgan fingerprint density at radius 2 is 1.88 bits per heavy atom. The standard InChI is InChI=1S/C14H27NO/c1-4-6-12(7-5-2)14(16)15-13-9-8-11(3)10-13/h11-13H,4-10H2,1-3H3,(H,15,16). The first-order chi connectivity index (χ1) is 7.67. The molecule has 1 N–H and O–H groups in total. The summed E-state index contributed by atoms with van der Waals surface area (Å²) in [6.45, 7) is 6.60. The molecule has 0 bridgehead atoms. The van der Waals surface area contributed by atoms with Gasteiger partial charge in [0.05, 0.1) is 0 Å². The number of carbonyl (C=O) groups is 1. The third kappa shape index (κ3) is 4.15. The first kappa shape index (κ1) is 13.5. The molecular formula is C14H27NO. The minimum Gasteiger partial charge on any atom is -0.353 e. The fraction of sp³-hybridized carbons (Fsp3) is 0.929. The van der Waals surface area contributed by atoms with Crippen LogP contribution in [-0.4, -0.2) is 11.9 Å². The quantitative estimate of drug-likeness (QED) is 0.736. The molecule has 1 amide bonds. The van der Waals surface area contributed by atoms with E-state index in [1.54, 1.807) is 0 Å². The van der Waals surface area contributed by atoms with Crippen LogP contribution in [0.5, 0.6) is 0 Å². The van der Waals surface area contributed by atoms with Crippen molar-refractivity contribution in [3.63, 3.8) is 0 Å². The molecule has 2 nitrogen and oxygen atoms in total. The van der Waals surface area contributed by atoms with Gasteiger partial charge in [-0.05, 0) is 38.0 Å². The Hall–Kier alpha value is -0.530. The van der Waals surface area contributed by atoms with Gasteiger partial charge < -0.3 is 5.32 Å². The Balaban J connectivity index is 2.36. The molecule has 1 aliphatic carbocycles. The molecule has 0 saturated heterocycles. The summed E-state index contributed by atoms with van der Waals surface area (Å²) in [5.74, 6) is 1.36. The zero-order chi connectivity index (χ0) is 12.0. The Kier molecular flexibility index (Phi) is 5.86. The van der Waals surface area contributed by atoms with Crippen LogP contribution >= 0.6 is 0 Å². The van der Waals surface area contributed by atoms with Gasteiger partial charge in [-0.3, -0.25) is 4.79 Å². The van der Waals surface area contributed by atoms with Crippen LogP contribution in [-0.2, 0) is 4.79 Å². The average Bonchev–Trinajstić information content (AvgIpc) is 2.63. The van der Waals surface area contributed by atoms with Crippen molar-refractivity contribution in [2.24, 2.45) is 11.8 Å². The molecule has 0 aromatic carbocycles. The van der Waals surface area contributed by atoms with Crippen LogP contribution in [0.3, 0.4) is 0 Å². The number of rotatable bonds is 6. The smallest absolute Gasteiger partial charge is 0.223 e. The molecule has 0 aromatic rings. The highest BCUT2D eigenvalue weighted by Gasteiger charge is 2.25. The van der Waals surface area contributed by atoms with Crippen LogP contribution in [0.25, 0.3) is 0 Å². The van der Waals surface area contributed by atoms with E-state index in [4.69, 9.17) is 0 Å². The van der Waals surface area contributed by atoms with E-state index in [-0.39, 0.29) is 5.92 Å². The predicted molar refractivity (Wildman–Crippen MR) is 68.3 cm³/mol. The lowest BCUT2D eigenvalue weighted by molar-refractivity contribution is -0.126. The third-order valence-electron chi connectivity index (χ3n) is 3.69. The molecule has 0 heterocycles. The second kappa shape index (κ2) is 6.93. The second-order valence-electron chi connectivity index (χ2n) is 5.40. The van der Waals surface area contributed by atoms with Gasteiger partial charge in [0, 0.05) is 12.0 Å². The van der Waals surface area contributed by atoms with E-state index in [0.29, 0.717) is 11.9 Å². The Morgan fingerprint density at radius 1 is 1.25 bits per heavy atom. The molecule has 0 aliphatic heterocycles. The largest absolute Gasteiger partial charge is 0.353 e. The van der Waals surface area contributed by atoms with Gasteiger partial charge in [0.25, 0.3) is 0 Å². The van der Waals surface area contributed by atoms with E-state index in [1.165, 1.54) is 19.3 Å². The van der Waals surface area contributed by atoms with Crippen molar-refractivity contribution >= 4 is 5.91 Å². The van der Waals surface area contributed by atoms with Crippen LogP contribution in [0, 0.1) is 11.8 Å². The van der Waals surface area contributed by atoms with Gasteiger partial charge in [-0.15, -0.1) is 0 Å². The maximum Gasteiger partial charge on any atom is 0.223 e. The van der Waals surface area contributed by atoms with E-state index < -0.39 is 0 Å². The number of hydrogen-bond donors (Lipinski definition) is 1. The van der Waals surface area contributed by atoms with Crippen molar-refractivity contribution in [1.29, 1.82) is 0 Å². The zero-order valence-electron chi connectivity index (χ0n) is 11.1. The van der Waals surface area contributed by atoms with Crippen molar-refractivity contribution in [3.05, 3.63) is 0 Å². The van der Waals surface area contributed by atoms with E-state index in [9.17, 15) is 4.79 Å². The minimum absolute atomic E-state index is 0.255. The normalized spacial score (nSPS) is 25.0. The van der Waals surface area contributed by atoms with E-state index in [2.05, 4.69) is 26.1 Å². The van der Waals surface area contributed by atoms with Gasteiger partial charge in [0.1, 0.15) is 0 Å². The average molecular weight is 225 g/mol. The van der Waals surface area contributed by atoms with E-state index >= 15 is 0 Å². The number of amides is 1. The summed E-state index contributed by atoms with van der Waals surface area (Å²) >= 11 is 0. The minimum atomic E-state index is 0.255. The lowest BCUT2D eigenvalue weighted by Gasteiger charge is -2.19. The molecule has 2 unspecified atom stereocenters. The molecule has 94 valence electrons. The monoisotopic (exact) mass is 225 g/mol. The van der Waals surface area contributed by atoms with Gasteiger partial charge in [0.15, 0.2) is 0 Å². The van der Waals surface area contributed by atoms with E-state index in [1.807, 2.05) is 0 Å². The lowest BCUT2D eigenvalue weighted by atomic mass is 9.97. The highest BCUT2D eigenvalue weighted by Crippen LogP contribution is 2.25. The number of hydrogen-bond acceptors (Lipinski definition) is 1. The Labute approximate surface area is 100 Å². The topological polar surface area (TPSA) is 29.1 Å². The molecular weight excluding hydrogens is 198 g/mol. The first-order valence-electron chi connectivity index (χ1n) is 6.97. The number of carbonyl (C=O) groups excluding carboxylic acids is 1. The van der Waals surface area contributed by atoms with Crippen molar-refractivity contribution in [1.82, 2.24) is 5.32 Å². The Bertz CT molecular complexity index is 209. The molecule has 1 rings (SSSR count). The number of nitrogens with one attached hydrogen (secondary N) is 1. The van der Waals surface area contributed by atoms with Gasteiger partial charge in [-0.25, -0.2) is 0 Å². The second-order valence-corrected chi connectivity index (χ2v) is 5.40. The third-order valence-corrected chi connectivity index (χ3v) is 3.69. The summed E-state index contributed by atoms with van der Waals surface area (Å²) in [4.78, 5) is 12.1. The van der Waals surface area contributed by atoms with Gasteiger partial charge in [-0.1, -0.05) is 33.6 Å². The molecule has 2 heteroatoms. The Morgan fingerprint density at radius 3 is 2.31 bits per heavy atom. The molecule has 0 aromatic heterocycles. The summed E-state index contributed by atoms with van der Waals surface area (Å²) in [7, 11) is 0. The van der Waals surface area contributed by atoms with Gasteiger partial charge in [-0.2, -0.15) is 0 Å². The molecule has 0 radical (unpaired) electrons. The van der Waals surface area contributed by atoms with Crippen molar-refractivity contribution in [3.8, 4) is 0 Å². The lowest BCUT2D eigenvalue weighted by Crippen LogP contribution is -2.37. The summed E-state index contributed by atoms with van der Waals surface area (Å²) in [5.41, 5.74) is 0. The summed E-state index contributed by atoms with van der Waals surface area (Å²) in [5, 5.41) is 3.24. The van der Waals surface area contributed by atoms with Crippen LogP contribution in [0.15, 0.2) is 0 Å². The maximum atomic E-state index is 12.1. The van der Waals surface area contributed by atoms with Crippen molar-refractivity contribution < 1.29 is 4.79 Å². The molecule has 1 aliphatic rings. The molecule has 1 saturated carbocycles. The van der Waals surface area contributed by atoms with Gasteiger partial charge in [0.2, 0.25) is 5.91 Å².